The second-order valence-electron chi connectivity index (χ2n) is 3.91. The molecule has 0 atom stereocenters. The smallest absolute Gasteiger partial charge is 0.0445 e. The van der Waals surface area contributed by atoms with Crippen LogP contribution in [-0.2, 0) is 0 Å². The minimum Gasteiger partial charge on any atom is -0.100 e. The first-order valence-corrected chi connectivity index (χ1v) is 6.18. The Morgan fingerprint density at radius 2 is 0.857 bits per heavy atom. The molecule has 0 aliphatic rings. The third-order valence-corrected chi connectivity index (χ3v) is 1.41. The largest absolute Gasteiger partial charge is 0.100 e. The van der Waals surface area contributed by atoms with Crippen LogP contribution in [0.15, 0.2) is 12.2 Å². The molecule has 0 heteroatoms. The normalized spacial score (nSPS) is 7.86. The van der Waals surface area contributed by atoms with E-state index in [0.29, 0.717) is 0 Å². The van der Waals surface area contributed by atoms with Crippen LogP contribution in [0.3, 0.4) is 0 Å². The molecule has 0 rings (SSSR count). The summed E-state index contributed by atoms with van der Waals surface area (Å²) in [5.74, 6) is 0. The van der Waals surface area contributed by atoms with Crippen molar-refractivity contribution in [3.63, 3.8) is 0 Å². The van der Waals surface area contributed by atoms with Gasteiger partial charge in [-0.3, -0.25) is 0 Å². The molecule has 0 aliphatic heterocycles. The SMILES string of the molecule is C=C(C)C.CCCCC.CCCCC. The number of rotatable bonds is 4. The highest BCUT2D eigenvalue weighted by atomic mass is 13.7. The molecular weight excluding hydrogens is 168 g/mol. The minimum absolute atomic E-state index is 1.17. The fourth-order valence-corrected chi connectivity index (χ4v) is 0.707. The molecule has 0 saturated carbocycles. The minimum atomic E-state index is 1.17. The lowest BCUT2D eigenvalue weighted by Crippen LogP contribution is -1.59. The van der Waals surface area contributed by atoms with Crippen molar-refractivity contribution >= 4 is 0 Å². The highest BCUT2D eigenvalue weighted by molar-refractivity contribution is 4.78. The van der Waals surface area contributed by atoms with Gasteiger partial charge in [0, 0.05) is 0 Å². The Kier molecular flexibility index (Phi) is 31.7. The van der Waals surface area contributed by atoms with Crippen molar-refractivity contribution in [2.75, 3.05) is 0 Å². The van der Waals surface area contributed by atoms with Gasteiger partial charge in [-0.2, -0.15) is 0 Å². The second kappa shape index (κ2) is 23.0. The summed E-state index contributed by atoms with van der Waals surface area (Å²) < 4.78 is 0. The number of allylic oxidation sites excluding steroid dienone is 1. The van der Waals surface area contributed by atoms with Crippen LogP contribution in [0.5, 0.6) is 0 Å². The predicted octanol–water partition coefficient (Wildman–Crippen LogP) is 5.98. The zero-order valence-corrected chi connectivity index (χ0v) is 11.4. The fraction of sp³-hybridized carbons (Fsp3) is 0.857. The Hall–Kier alpha value is -0.260. The zero-order chi connectivity index (χ0) is 11.8. The summed E-state index contributed by atoms with van der Waals surface area (Å²) in [7, 11) is 0. The summed E-state index contributed by atoms with van der Waals surface area (Å²) in [4.78, 5) is 0. The van der Waals surface area contributed by atoms with Crippen LogP contribution in [0.25, 0.3) is 0 Å². The van der Waals surface area contributed by atoms with E-state index in [4.69, 9.17) is 0 Å². The molecule has 0 aliphatic carbocycles. The van der Waals surface area contributed by atoms with Crippen LogP contribution in [0.4, 0.5) is 0 Å². The first kappa shape index (κ1) is 19.3. The highest BCUT2D eigenvalue weighted by Gasteiger charge is 1.68. The predicted molar refractivity (Wildman–Crippen MR) is 70.9 cm³/mol. The van der Waals surface area contributed by atoms with Gasteiger partial charge in [0.2, 0.25) is 0 Å². The molecule has 88 valence electrons. The van der Waals surface area contributed by atoms with E-state index in [-0.39, 0.29) is 0 Å². The van der Waals surface area contributed by atoms with Crippen LogP contribution >= 0.6 is 0 Å². The topological polar surface area (TPSA) is 0 Å². The molecule has 0 amide bonds. The molecule has 0 spiro atoms. The summed E-state index contributed by atoms with van der Waals surface area (Å²) >= 11 is 0. The molecule has 0 nitrogen and oxygen atoms in total. The molecular formula is C14H32. The monoisotopic (exact) mass is 200 g/mol. The molecule has 0 aromatic carbocycles. The van der Waals surface area contributed by atoms with Crippen LogP contribution in [-0.4, -0.2) is 0 Å². The van der Waals surface area contributed by atoms with Crippen LogP contribution < -0.4 is 0 Å². The average Bonchev–Trinajstić information content (AvgIpc) is 2.07. The maximum atomic E-state index is 3.56. The highest BCUT2D eigenvalue weighted by Crippen LogP contribution is 1.88. The van der Waals surface area contributed by atoms with E-state index in [0.717, 1.165) is 0 Å². The van der Waals surface area contributed by atoms with Gasteiger partial charge in [0.05, 0.1) is 0 Å². The molecule has 0 saturated heterocycles. The molecule has 0 aromatic rings. The lowest BCUT2D eigenvalue weighted by atomic mass is 10.3. The Morgan fingerprint density at radius 3 is 0.857 bits per heavy atom. The summed E-state index contributed by atoms with van der Waals surface area (Å²) in [5, 5.41) is 0. The first-order valence-electron chi connectivity index (χ1n) is 6.18. The van der Waals surface area contributed by atoms with Gasteiger partial charge in [-0.05, 0) is 13.8 Å². The van der Waals surface area contributed by atoms with E-state index in [2.05, 4.69) is 34.3 Å². The van der Waals surface area contributed by atoms with Gasteiger partial charge in [-0.15, -0.1) is 6.58 Å². The Bertz CT molecular complexity index is 68.0. The number of hydrogen-bond donors (Lipinski definition) is 0. The first-order chi connectivity index (χ1) is 6.56. The van der Waals surface area contributed by atoms with Crippen molar-refractivity contribution in [3.05, 3.63) is 12.2 Å². The second-order valence-corrected chi connectivity index (χ2v) is 3.91. The van der Waals surface area contributed by atoms with Gasteiger partial charge in [0.1, 0.15) is 0 Å². The summed E-state index contributed by atoms with van der Waals surface area (Å²) in [6.07, 6.45) is 8.15. The van der Waals surface area contributed by atoms with Gasteiger partial charge in [0.15, 0.2) is 0 Å². The molecule has 0 N–H and O–H groups in total. The van der Waals surface area contributed by atoms with Crippen molar-refractivity contribution in [2.24, 2.45) is 0 Å². The van der Waals surface area contributed by atoms with Crippen molar-refractivity contribution < 1.29 is 0 Å². The van der Waals surface area contributed by atoms with E-state index in [1.165, 1.54) is 44.1 Å². The van der Waals surface area contributed by atoms with Gasteiger partial charge < -0.3 is 0 Å². The Labute approximate surface area is 92.8 Å². The van der Waals surface area contributed by atoms with E-state index >= 15 is 0 Å². The molecule has 0 fully saturated rings. The van der Waals surface area contributed by atoms with Crippen molar-refractivity contribution in [3.8, 4) is 0 Å². The van der Waals surface area contributed by atoms with Crippen LogP contribution in [0.2, 0.25) is 0 Å². The molecule has 0 bridgehead atoms. The molecule has 0 radical (unpaired) electrons. The zero-order valence-electron chi connectivity index (χ0n) is 11.4. The summed E-state index contributed by atoms with van der Waals surface area (Å²) in [6.45, 7) is 16.3. The number of hydrogen-bond acceptors (Lipinski definition) is 0. The van der Waals surface area contributed by atoms with Crippen molar-refractivity contribution in [1.82, 2.24) is 0 Å². The van der Waals surface area contributed by atoms with Gasteiger partial charge in [-0.25, -0.2) is 0 Å². The van der Waals surface area contributed by atoms with E-state index in [9.17, 15) is 0 Å². The fourth-order valence-electron chi connectivity index (χ4n) is 0.707. The van der Waals surface area contributed by atoms with Gasteiger partial charge in [0.25, 0.3) is 0 Å². The van der Waals surface area contributed by atoms with Gasteiger partial charge in [-0.1, -0.05) is 71.8 Å². The number of unbranched alkanes of at least 4 members (excludes halogenated alkanes) is 4. The molecule has 0 aromatic heterocycles. The standard InChI is InChI=1S/2C5H12.C4H8/c2*1-3-5-4-2;1-4(2)3/h2*3-5H2,1-2H3;1H2,2-3H3. The Balaban J connectivity index is -0.000000131. The molecule has 0 heterocycles. The van der Waals surface area contributed by atoms with E-state index < -0.39 is 0 Å². The third-order valence-electron chi connectivity index (χ3n) is 1.41. The summed E-state index contributed by atoms with van der Waals surface area (Å²) in [5.41, 5.74) is 1.17. The lowest BCUT2D eigenvalue weighted by molar-refractivity contribution is 0.772. The summed E-state index contributed by atoms with van der Waals surface area (Å²) in [6, 6.07) is 0. The van der Waals surface area contributed by atoms with Gasteiger partial charge >= 0.3 is 0 Å². The van der Waals surface area contributed by atoms with E-state index in [1.54, 1.807) is 0 Å². The maximum Gasteiger partial charge on any atom is -0.0445 e. The van der Waals surface area contributed by atoms with Crippen LogP contribution in [0, 0.1) is 0 Å². The third kappa shape index (κ3) is 96.8. The van der Waals surface area contributed by atoms with Crippen LogP contribution in [0.1, 0.15) is 80.1 Å². The van der Waals surface area contributed by atoms with Crippen molar-refractivity contribution in [1.29, 1.82) is 0 Å². The Morgan fingerprint density at radius 1 is 0.714 bits per heavy atom. The molecule has 0 unspecified atom stereocenters. The quantitative estimate of drug-likeness (QED) is 0.490. The lowest BCUT2D eigenvalue weighted by Gasteiger charge is -1.79. The van der Waals surface area contributed by atoms with E-state index in [1.807, 2.05) is 13.8 Å². The van der Waals surface area contributed by atoms with Crippen molar-refractivity contribution in [2.45, 2.75) is 80.1 Å². The maximum absolute atomic E-state index is 3.56. The molecule has 14 heavy (non-hydrogen) atoms. The average molecular weight is 200 g/mol.